The van der Waals surface area contributed by atoms with Crippen LogP contribution >= 0.6 is 7.82 Å². The summed E-state index contributed by atoms with van der Waals surface area (Å²) in [6, 6.07) is 0. The third-order valence-corrected chi connectivity index (χ3v) is 13.0. The van der Waals surface area contributed by atoms with Crippen molar-refractivity contribution in [3.8, 4) is 0 Å². The quantitative estimate of drug-likeness (QED) is 0.0197. The van der Waals surface area contributed by atoms with Crippen molar-refractivity contribution >= 4 is 13.8 Å². The maximum atomic E-state index is 12.8. The molecule has 0 aliphatic carbocycles. The number of rotatable bonds is 52. The van der Waals surface area contributed by atoms with Crippen molar-refractivity contribution in [2.75, 3.05) is 54.1 Å². The van der Waals surface area contributed by atoms with E-state index in [-0.39, 0.29) is 25.8 Å². The number of phosphoric ester groups is 1. The van der Waals surface area contributed by atoms with Gasteiger partial charge in [0, 0.05) is 13.0 Å². The van der Waals surface area contributed by atoms with E-state index in [4.69, 9.17) is 18.5 Å². The lowest BCUT2D eigenvalue weighted by Crippen LogP contribution is -2.37. The first-order chi connectivity index (χ1) is 33.1. The number of esters is 1. The highest BCUT2D eigenvalue weighted by atomic mass is 31.2. The van der Waals surface area contributed by atoms with Gasteiger partial charge in [0.25, 0.3) is 7.82 Å². The number of hydrogen-bond acceptors (Lipinski definition) is 7. The van der Waals surface area contributed by atoms with Crippen LogP contribution in [0.5, 0.6) is 0 Å². The number of ether oxygens (including phenoxy) is 2. The molecule has 0 aromatic carbocycles. The Labute approximate surface area is 421 Å². The third-order valence-electron chi connectivity index (χ3n) is 12.0. The number of unbranched alkanes of at least 4 members (excludes halogenated alkanes) is 26. The van der Waals surface area contributed by atoms with Gasteiger partial charge >= 0.3 is 5.97 Å². The molecule has 396 valence electrons. The van der Waals surface area contributed by atoms with Crippen LogP contribution in [0.3, 0.4) is 0 Å². The lowest BCUT2D eigenvalue weighted by Gasteiger charge is -2.28. The molecule has 0 aromatic heterocycles. The summed E-state index contributed by atoms with van der Waals surface area (Å²) in [5, 5.41) is 0. The summed E-state index contributed by atoms with van der Waals surface area (Å²) in [4.78, 5) is 25.2. The molecule has 0 saturated heterocycles. The minimum Gasteiger partial charge on any atom is -0.756 e. The highest BCUT2D eigenvalue weighted by Crippen LogP contribution is 2.38. The van der Waals surface area contributed by atoms with Crippen molar-refractivity contribution in [2.24, 2.45) is 0 Å². The van der Waals surface area contributed by atoms with Crippen LogP contribution in [-0.2, 0) is 27.9 Å². The van der Waals surface area contributed by atoms with E-state index in [0.29, 0.717) is 24.1 Å². The van der Waals surface area contributed by atoms with Crippen molar-refractivity contribution in [3.05, 3.63) is 72.9 Å². The zero-order valence-electron chi connectivity index (χ0n) is 45.0. The highest BCUT2D eigenvalue weighted by molar-refractivity contribution is 7.45. The summed E-state index contributed by atoms with van der Waals surface area (Å²) in [6.45, 7) is 5.28. The molecule has 0 spiro atoms. The molecule has 0 rings (SSSR count). The van der Waals surface area contributed by atoms with Gasteiger partial charge < -0.3 is 27.9 Å². The number of allylic oxidation sites excluding steroid dienone is 12. The van der Waals surface area contributed by atoms with Crippen molar-refractivity contribution < 1.29 is 37.3 Å². The molecule has 0 aliphatic heterocycles. The second kappa shape index (κ2) is 51.3. The Morgan fingerprint density at radius 2 is 0.853 bits per heavy atom. The normalized spacial score (nSPS) is 14.0. The largest absolute Gasteiger partial charge is 0.756 e. The van der Waals surface area contributed by atoms with Crippen LogP contribution in [0.4, 0.5) is 0 Å². The van der Waals surface area contributed by atoms with Crippen LogP contribution in [-0.4, -0.2) is 70.7 Å². The minimum absolute atomic E-state index is 0.0200. The summed E-state index contributed by atoms with van der Waals surface area (Å²) in [6.07, 6.45) is 68.0. The average Bonchev–Trinajstić information content (AvgIpc) is 3.30. The van der Waals surface area contributed by atoms with Gasteiger partial charge in [-0.2, -0.15) is 0 Å². The smallest absolute Gasteiger partial charge is 0.306 e. The molecule has 0 aliphatic rings. The van der Waals surface area contributed by atoms with Crippen LogP contribution in [0.15, 0.2) is 72.9 Å². The van der Waals surface area contributed by atoms with Crippen LogP contribution < -0.4 is 4.89 Å². The molecule has 0 bridgehead atoms. The van der Waals surface area contributed by atoms with E-state index in [9.17, 15) is 14.3 Å². The van der Waals surface area contributed by atoms with E-state index in [1.807, 2.05) is 21.1 Å². The Morgan fingerprint density at radius 1 is 0.471 bits per heavy atom. The highest BCUT2D eigenvalue weighted by Gasteiger charge is 2.20. The Morgan fingerprint density at radius 3 is 1.28 bits per heavy atom. The lowest BCUT2D eigenvalue weighted by atomic mass is 10.0. The fourth-order valence-corrected chi connectivity index (χ4v) is 8.46. The standard InChI is InChI=1S/C59H108NO7P/c1-6-8-10-12-14-16-18-20-22-24-26-28-30-31-33-35-37-39-41-43-45-47-49-51-54-64-56-58(57-66-68(62,63)65-55-53-60(3,4)5)67-59(61)52-50-48-46-44-42-40-38-36-34-32-29-27-25-23-21-19-17-15-13-11-9-7-2/h8,10,14,16,20,22,26,28,31,33,37,39,58H,6-7,9,11-13,15,17-19,21,23-25,27,29-30,32,34-36,38,40-57H2,1-5H3/b10-8-,16-14-,22-20-,28-26-,33-31-,39-37-. The SMILES string of the molecule is CC/C=C\C/C=C\C/C=C\C/C=C\C/C=C\C/C=C\CCCCCCCOCC(COP(=O)([O-])OCC[N+](C)(C)C)OC(=O)CCCCCCCCCCCCCCCCCCCCCCCC. The van der Waals surface area contributed by atoms with Gasteiger partial charge in [0.1, 0.15) is 19.3 Å². The lowest BCUT2D eigenvalue weighted by molar-refractivity contribution is -0.870. The maximum Gasteiger partial charge on any atom is 0.306 e. The van der Waals surface area contributed by atoms with E-state index in [1.54, 1.807) is 0 Å². The fraction of sp³-hybridized carbons (Fsp3) is 0.780. The van der Waals surface area contributed by atoms with E-state index in [0.717, 1.165) is 83.5 Å². The summed E-state index contributed by atoms with van der Waals surface area (Å²) in [7, 11) is 1.34. The minimum atomic E-state index is -4.54. The first-order valence-electron chi connectivity index (χ1n) is 28.2. The molecular weight excluding hydrogens is 866 g/mol. The molecule has 0 radical (unpaired) electrons. The molecule has 68 heavy (non-hydrogen) atoms. The first-order valence-corrected chi connectivity index (χ1v) is 29.6. The molecule has 2 unspecified atom stereocenters. The molecule has 0 fully saturated rings. The number of nitrogens with zero attached hydrogens (tertiary/aromatic N) is 1. The summed E-state index contributed by atoms with van der Waals surface area (Å²) in [5.74, 6) is -0.339. The van der Waals surface area contributed by atoms with E-state index >= 15 is 0 Å². The van der Waals surface area contributed by atoms with Crippen LogP contribution in [0, 0.1) is 0 Å². The molecule has 0 aromatic rings. The van der Waals surface area contributed by atoms with Crippen molar-refractivity contribution in [1.82, 2.24) is 0 Å². The Hall–Kier alpha value is -2.06. The summed E-state index contributed by atoms with van der Waals surface area (Å²) >= 11 is 0. The van der Waals surface area contributed by atoms with Gasteiger partial charge in [-0.05, 0) is 64.2 Å². The molecule has 0 amide bonds. The second-order valence-electron chi connectivity index (χ2n) is 19.9. The van der Waals surface area contributed by atoms with Crippen LogP contribution in [0.25, 0.3) is 0 Å². The molecule has 0 N–H and O–H groups in total. The molecule has 0 saturated carbocycles. The zero-order valence-corrected chi connectivity index (χ0v) is 45.9. The molecule has 2 atom stereocenters. The van der Waals surface area contributed by atoms with E-state index in [1.165, 1.54) is 135 Å². The van der Waals surface area contributed by atoms with Gasteiger partial charge in [-0.15, -0.1) is 0 Å². The average molecular weight is 974 g/mol. The molecular formula is C59H108NO7P. The van der Waals surface area contributed by atoms with Crippen LogP contribution in [0.2, 0.25) is 0 Å². The molecule has 0 heterocycles. The maximum absolute atomic E-state index is 12.8. The Balaban J connectivity index is 4.14. The van der Waals surface area contributed by atoms with E-state index in [2.05, 4.69) is 86.8 Å². The van der Waals surface area contributed by atoms with Gasteiger partial charge in [-0.3, -0.25) is 9.36 Å². The number of carbonyl (C=O) groups excluding carboxylic acids is 1. The molecule has 9 heteroatoms. The number of quaternary nitrogens is 1. The summed E-state index contributed by atoms with van der Waals surface area (Å²) < 4.78 is 34.8. The Bertz CT molecular complexity index is 1320. The molecule has 8 nitrogen and oxygen atoms in total. The van der Waals surface area contributed by atoms with Crippen LogP contribution in [0.1, 0.15) is 239 Å². The monoisotopic (exact) mass is 974 g/mol. The number of likely N-dealkylation sites (N-methyl/N-ethyl adjacent to an activating group) is 1. The number of phosphoric acid groups is 1. The van der Waals surface area contributed by atoms with Gasteiger partial charge in [-0.1, -0.05) is 241 Å². The fourth-order valence-electron chi connectivity index (χ4n) is 7.73. The summed E-state index contributed by atoms with van der Waals surface area (Å²) in [5.41, 5.74) is 0. The predicted octanol–water partition coefficient (Wildman–Crippen LogP) is 17.2. The predicted molar refractivity (Wildman–Crippen MR) is 291 cm³/mol. The van der Waals surface area contributed by atoms with Gasteiger partial charge in [0.15, 0.2) is 0 Å². The van der Waals surface area contributed by atoms with Gasteiger partial charge in [0.2, 0.25) is 0 Å². The zero-order chi connectivity index (χ0) is 49.8. The number of hydrogen-bond donors (Lipinski definition) is 0. The van der Waals surface area contributed by atoms with Gasteiger partial charge in [-0.25, -0.2) is 0 Å². The Kier molecular flexibility index (Phi) is 49.7. The third kappa shape index (κ3) is 54.9. The van der Waals surface area contributed by atoms with Crippen molar-refractivity contribution in [1.29, 1.82) is 0 Å². The number of carbonyl (C=O) groups is 1. The second-order valence-corrected chi connectivity index (χ2v) is 21.3. The van der Waals surface area contributed by atoms with Crippen molar-refractivity contribution in [2.45, 2.75) is 245 Å². The van der Waals surface area contributed by atoms with E-state index < -0.39 is 13.9 Å². The van der Waals surface area contributed by atoms with Gasteiger partial charge in [0.05, 0.1) is 34.4 Å². The van der Waals surface area contributed by atoms with Crippen molar-refractivity contribution in [3.63, 3.8) is 0 Å². The topological polar surface area (TPSA) is 94.1 Å². The first kappa shape index (κ1) is 65.9.